The third-order valence-corrected chi connectivity index (χ3v) is 4.59. The highest BCUT2D eigenvalue weighted by atomic mass is 19.1. The van der Waals surface area contributed by atoms with Crippen LogP contribution < -0.4 is 0 Å². The Morgan fingerprint density at radius 2 is 1.47 bits per heavy atom. The molecular weight excluding hydrogens is 433 g/mol. The second kappa shape index (κ2) is 9.40. The Bertz CT molecular complexity index is 915. The minimum absolute atomic E-state index is 0.0636. The smallest absolute Gasteiger partial charge is 0.303 e. The van der Waals surface area contributed by atoms with Gasteiger partial charge in [-0.15, -0.1) is 5.06 Å². The van der Waals surface area contributed by atoms with E-state index in [1.165, 1.54) is 12.1 Å². The Hall–Kier alpha value is -3.38. The van der Waals surface area contributed by atoms with E-state index in [9.17, 15) is 24.0 Å². The predicted octanol–water partition coefficient (Wildman–Crippen LogP) is 0.704. The van der Waals surface area contributed by atoms with Crippen LogP contribution in [-0.2, 0) is 38.2 Å². The molecule has 32 heavy (non-hydrogen) atoms. The number of amides is 2. The number of nitrogens with zero attached hydrogens (tertiary/aromatic N) is 1. The van der Waals surface area contributed by atoms with Gasteiger partial charge in [-0.25, -0.2) is 9.23 Å². The van der Waals surface area contributed by atoms with Gasteiger partial charge >= 0.3 is 17.9 Å². The molecule has 0 saturated carbocycles. The van der Waals surface area contributed by atoms with Gasteiger partial charge in [0.2, 0.25) is 6.29 Å². The number of hydrogen-bond acceptors (Lipinski definition) is 10. The first-order valence-corrected chi connectivity index (χ1v) is 9.52. The first-order chi connectivity index (χ1) is 15.1. The van der Waals surface area contributed by atoms with Crippen molar-refractivity contribution >= 4 is 29.7 Å². The van der Waals surface area contributed by atoms with Gasteiger partial charge in [-0.05, 0) is 12.1 Å². The molecule has 2 aliphatic rings. The van der Waals surface area contributed by atoms with Crippen LogP contribution in [0.5, 0.6) is 0 Å². The van der Waals surface area contributed by atoms with Crippen LogP contribution in [0.3, 0.4) is 0 Å². The molecule has 0 aliphatic carbocycles. The molecule has 0 N–H and O–H groups in total. The number of fused-ring (bicyclic) bond motifs is 1. The minimum atomic E-state index is -2.09. The summed E-state index contributed by atoms with van der Waals surface area (Å²) in [7, 11) is 0. The van der Waals surface area contributed by atoms with Crippen molar-refractivity contribution in [2.75, 3.05) is 6.61 Å². The highest BCUT2D eigenvalue weighted by Crippen LogP contribution is 2.32. The SMILES string of the molecule is CC(=O)OC[C@H]1OC(ON2C(=O)c3ccccc3C2=O)[C@H](OC(C)=O)C(OC(C)=O)[C@H]1F. The fourth-order valence-corrected chi connectivity index (χ4v) is 3.29. The summed E-state index contributed by atoms with van der Waals surface area (Å²) in [5.41, 5.74) is 0.127. The summed E-state index contributed by atoms with van der Waals surface area (Å²) >= 11 is 0. The number of hydroxylamine groups is 2. The Kier molecular flexibility index (Phi) is 6.84. The van der Waals surface area contributed by atoms with Gasteiger partial charge in [-0.2, -0.15) is 0 Å². The second-order valence-electron chi connectivity index (χ2n) is 6.99. The highest BCUT2D eigenvalue weighted by molar-refractivity contribution is 6.20. The Balaban J connectivity index is 1.91. The summed E-state index contributed by atoms with van der Waals surface area (Å²) in [5, 5.41) is 0.387. The molecule has 1 aromatic carbocycles. The minimum Gasteiger partial charge on any atom is -0.463 e. The Morgan fingerprint density at radius 1 is 0.938 bits per heavy atom. The first kappa shape index (κ1) is 23.3. The summed E-state index contributed by atoms with van der Waals surface area (Å²) in [4.78, 5) is 65.0. The molecule has 2 aliphatic heterocycles. The van der Waals surface area contributed by atoms with Crippen molar-refractivity contribution in [1.29, 1.82) is 0 Å². The summed E-state index contributed by atoms with van der Waals surface area (Å²) in [6.07, 6.45) is -8.77. The number of imide groups is 1. The number of carbonyl (C=O) groups excluding carboxylic acids is 5. The van der Waals surface area contributed by atoms with Crippen LogP contribution in [0.25, 0.3) is 0 Å². The van der Waals surface area contributed by atoms with Crippen LogP contribution in [0, 0.1) is 0 Å². The number of ether oxygens (including phenoxy) is 4. The van der Waals surface area contributed by atoms with Gasteiger partial charge in [-0.3, -0.25) is 24.0 Å². The molecule has 172 valence electrons. The molecule has 0 bridgehead atoms. The van der Waals surface area contributed by atoms with Gasteiger partial charge in [0.25, 0.3) is 11.8 Å². The summed E-state index contributed by atoms with van der Waals surface area (Å²) in [6, 6.07) is 5.91. The zero-order valence-electron chi connectivity index (χ0n) is 17.3. The molecule has 5 atom stereocenters. The number of hydrogen-bond donors (Lipinski definition) is 0. The lowest BCUT2D eigenvalue weighted by molar-refractivity contribution is -0.333. The lowest BCUT2D eigenvalue weighted by Gasteiger charge is -2.42. The van der Waals surface area contributed by atoms with Crippen molar-refractivity contribution in [2.45, 2.75) is 51.5 Å². The third-order valence-electron chi connectivity index (χ3n) is 4.59. The quantitative estimate of drug-likeness (QED) is 0.344. The van der Waals surface area contributed by atoms with E-state index in [1.54, 1.807) is 12.1 Å². The maximum Gasteiger partial charge on any atom is 0.303 e. The molecule has 1 fully saturated rings. The number of carbonyl (C=O) groups is 5. The number of esters is 3. The van der Waals surface area contributed by atoms with Gasteiger partial charge in [0.05, 0.1) is 11.1 Å². The van der Waals surface area contributed by atoms with Crippen molar-refractivity contribution in [3.05, 3.63) is 35.4 Å². The van der Waals surface area contributed by atoms with Crippen LogP contribution in [0.1, 0.15) is 41.5 Å². The maximum absolute atomic E-state index is 15.1. The largest absolute Gasteiger partial charge is 0.463 e. The maximum atomic E-state index is 15.1. The molecule has 1 saturated heterocycles. The van der Waals surface area contributed by atoms with Gasteiger partial charge < -0.3 is 18.9 Å². The van der Waals surface area contributed by atoms with Crippen molar-refractivity contribution in [1.82, 2.24) is 5.06 Å². The number of benzene rings is 1. The van der Waals surface area contributed by atoms with Gasteiger partial charge in [-0.1, -0.05) is 12.1 Å². The van der Waals surface area contributed by atoms with Crippen LogP contribution in [-0.4, -0.2) is 72.2 Å². The van der Waals surface area contributed by atoms with Crippen LogP contribution in [0.4, 0.5) is 4.39 Å². The van der Waals surface area contributed by atoms with Gasteiger partial charge in [0.1, 0.15) is 12.7 Å². The molecule has 12 heteroatoms. The second-order valence-corrected chi connectivity index (χ2v) is 6.99. The van der Waals surface area contributed by atoms with Crippen molar-refractivity contribution < 1.29 is 52.1 Å². The fraction of sp³-hybridized carbons (Fsp3) is 0.450. The van der Waals surface area contributed by atoms with Crippen molar-refractivity contribution in [2.24, 2.45) is 0 Å². The van der Waals surface area contributed by atoms with Crippen molar-refractivity contribution in [3.8, 4) is 0 Å². The first-order valence-electron chi connectivity index (χ1n) is 9.52. The van der Waals surface area contributed by atoms with E-state index in [4.69, 9.17) is 23.8 Å². The van der Waals surface area contributed by atoms with Crippen LogP contribution in [0.2, 0.25) is 0 Å². The average Bonchev–Trinajstić information content (AvgIpc) is 2.96. The molecule has 1 aromatic rings. The highest BCUT2D eigenvalue weighted by Gasteiger charge is 2.53. The standard InChI is InChI=1S/C20H20FNO10/c1-9(23)28-8-14-15(21)16(29-10(2)24)17(30-11(3)25)20(31-14)32-22-18(26)12-6-4-5-7-13(12)19(22)27/h4-7,14-17,20H,8H2,1-3H3/t14-,15+,16?,17-,20?/m1/s1. The lowest BCUT2D eigenvalue weighted by atomic mass is 10.00. The number of halogens is 1. The molecule has 3 rings (SSSR count). The monoisotopic (exact) mass is 453 g/mol. The molecule has 2 heterocycles. The lowest BCUT2D eigenvalue weighted by Crippen LogP contribution is -2.61. The van der Waals surface area contributed by atoms with E-state index in [0.29, 0.717) is 5.06 Å². The molecule has 2 amide bonds. The Labute approximate surface area is 181 Å². The van der Waals surface area contributed by atoms with E-state index in [2.05, 4.69) is 0 Å². The Morgan fingerprint density at radius 3 is 1.97 bits per heavy atom. The number of rotatable bonds is 6. The summed E-state index contributed by atoms with van der Waals surface area (Å²) in [5.74, 6) is -4.16. The molecule has 0 aromatic heterocycles. The molecule has 2 unspecified atom stereocenters. The van der Waals surface area contributed by atoms with Crippen molar-refractivity contribution in [3.63, 3.8) is 0 Å². The van der Waals surface area contributed by atoms with Gasteiger partial charge in [0, 0.05) is 20.8 Å². The van der Waals surface area contributed by atoms with E-state index in [1.807, 2.05) is 0 Å². The zero-order valence-corrected chi connectivity index (χ0v) is 17.3. The van der Waals surface area contributed by atoms with E-state index in [0.717, 1.165) is 20.8 Å². The predicted molar refractivity (Wildman–Crippen MR) is 99.3 cm³/mol. The normalized spacial score (nSPS) is 27.0. The van der Waals surface area contributed by atoms with Crippen LogP contribution in [0.15, 0.2) is 24.3 Å². The van der Waals surface area contributed by atoms with E-state index < -0.39 is 67.1 Å². The topological polar surface area (TPSA) is 135 Å². The fourth-order valence-electron chi connectivity index (χ4n) is 3.29. The molecule has 11 nitrogen and oxygen atoms in total. The van der Waals surface area contributed by atoms with Crippen LogP contribution >= 0.6 is 0 Å². The molecule has 0 spiro atoms. The summed E-state index contributed by atoms with van der Waals surface area (Å²) in [6.45, 7) is 2.52. The molecular formula is C20H20FNO10. The molecule has 0 radical (unpaired) electrons. The third kappa shape index (κ3) is 4.75. The van der Waals surface area contributed by atoms with E-state index in [-0.39, 0.29) is 11.1 Å². The number of alkyl halides is 1. The van der Waals surface area contributed by atoms with Gasteiger partial charge in [0.15, 0.2) is 18.4 Å². The van der Waals surface area contributed by atoms with E-state index >= 15 is 4.39 Å². The average molecular weight is 453 g/mol. The zero-order chi connectivity index (χ0) is 23.6. The summed E-state index contributed by atoms with van der Waals surface area (Å²) < 4.78 is 35.4.